The van der Waals surface area contributed by atoms with E-state index in [-0.39, 0.29) is 11.6 Å². The minimum atomic E-state index is -0.378. The number of ether oxygens (including phenoxy) is 1. The van der Waals surface area contributed by atoms with Gasteiger partial charge in [-0.15, -0.1) is 0 Å². The first kappa shape index (κ1) is 20.7. The molecule has 28 heavy (non-hydrogen) atoms. The molecule has 0 spiro atoms. The van der Waals surface area contributed by atoms with Gasteiger partial charge in [-0.1, -0.05) is 54.4 Å². The Morgan fingerprint density at radius 3 is 2.43 bits per heavy atom. The van der Waals surface area contributed by atoms with Crippen LogP contribution in [0, 0.1) is 5.82 Å². The van der Waals surface area contributed by atoms with E-state index in [4.69, 9.17) is 27.9 Å². The minimum absolute atomic E-state index is 0.226. The summed E-state index contributed by atoms with van der Waals surface area (Å²) in [5.41, 5.74) is 2.38. The summed E-state index contributed by atoms with van der Waals surface area (Å²) in [6, 6.07) is 20.1. The molecule has 0 aliphatic carbocycles. The Morgan fingerprint density at radius 2 is 1.71 bits per heavy atom. The Kier molecular flexibility index (Phi) is 7.36. The van der Waals surface area contributed by atoms with Gasteiger partial charge in [-0.2, -0.15) is 0 Å². The third-order valence-corrected chi connectivity index (χ3v) is 5.36. The average molecular weight is 417 g/mol. The predicted molar refractivity (Wildman–Crippen MR) is 115 cm³/mol. The molecule has 0 aliphatic rings. The van der Waals surface area contributed by atoms with Gasteiger partial charge >= 0.3 is 0 Å². The SMILES string of the molecule is CCC(CCCc1ccc(F)c(Oc2cccc(Cl)c2)c1)c1ccc(Cl)cc1. The molecule has 146 valence electrons. The quantitative estimate of drug-likeness (QED) is 0.357. The summed E-state index contributed by atoms with van der Waals surface area (Å²) >= 11 is 12.0. The summed E-state index contributed by atoms with van der Waals surface area (Å²) in [5, 5.41) is 1.32. The van der Waals surface area contributed by atoms with Crippen molar-refractivity contribution in [2.24, 2.45) is 0 Å². The van der Waals surface area contributed by atoms with E-state index in [9.17, 15) is 4.39 Å². The Morgan fingerprint density at radius 1 is 0.929 bits per heavy atom. The molecule has 3 rings (SSSR count). The van der Waals surface area contributed by atoms with Crippen LogP contribution in [0.2, 0.25) is 10.0 Å². The normalized spacial score (nSPS) is 12.0. The Labute approximate surface area is 176 Å². The van der Waals surface area contributed by atoms with Gasteiger partial charge in [0.25, 0.3) is 0 Å². The number of rotatable bonds is 8. The summed E-state index contributed by atoms with van der Waals surface area (Å²) < 4.78 is 19.8. The number of hydrogen-bond acceptors (Lipinski definition) is 1. The summed E-state index contributed by atoms with van der Waals surface area (Å²) in [4.78, 5) is 0. The molecule has 0 bridgehead atoms. The van der Waals surface area contributed by atoms with Crippen molar-refractivity contribution in [3.05, 3.63) is 93.7 Å². The first-order valence-electron chi connectivity index (χ1n) is 9.52. The average Bonchev–Trinajstić information content (AvgIpc) is 2.69. The van der Waals surface area contributed by atoms with Crippen molar-refractivity contribution >= 4 is 23.2 Å². The van der Waals surface area contributed by atoms with Crippen LogP contribution >= 0.6 is 23.2 Å². The van der Waals surface area contributed by atoms with E-state index in [0.717, 1.165) is 36.3 Å². The molecular weight excluding hydrogens is 394 g/mol. The van der Waals surface area contributed by atoms with Crippen LogP contribution in [-0.2, 0) is 6.42 Å². The van der Waals surface area contributed by atoms with Gasteiger partial charge in [-0.25, -0.2) is 4.39 Å². The largest absolute Gasteiger partial charge is 0.454 e. The summed E-state index contributed by atoms with van der Waals surface area (Å²) in [6.45, 7) is 2.20. The van der Waals surface area contributed by atoms with Gasteiger partial charge in [-0.05, 0) is 85.2 Å². The molecule has 3 aromatic carbocycles. The summed E-state index contributed by atoms with van der Waals surface area (Å²) in [6.07, 6.45) is 4.04. The number of hydrogen-bond donors (Lipinski definition) is 0. The smallest absolute Gasteiger partial charge is 0.165 e. The van der Waals surface area contributed by atoms with Crippen molar-refractivity contribution in [2.45, 2.75) is 38.5 Å². The molecule has 0 aromatic heterocycles. The second-order valence-corrected chi connectivity index (χ2v) is 7.75. The molecule has 0 fully saturated rings. The molecule has 4 heteroatoms. The van der Waals surface area contributed by atoms with Crippen molar-refractivity contribution in [1.29, 1.82) is 0 Å². The molecule has 0 aliphatic heterocycles. The van der Waals surface area contributed by atoms with Crippen molar-refractivity contribution < 1.29 is 9.13 Å². The zero-order valence-electron chi connectivity index (χ0n) is 15.8. The molecule has 1 unspecified atom stereocenters. The Balaban J connectivity index is 1.62. The summed E-state index contributed by atoms with van der Waals surface area (Å²) in [7, 11) is 0. The van der Waals surface area contributed by atoms with Gasteiger partial charge in [0, 0.05) is 10.0 Å². The van der Waals surface area contributed by atoms with Gasteiger partial charge in [0.1, 0.15) is 5.75 Å². The van der Waals surface area contributed by atoms with Crippen molar-refractivity contribution in [3.63, 3.8) is 0 Å². The van der Waals surface area contributed by atoms with Crippen molar-refractivity contribution in [1.82, 2.24) is 0 Å². The minimum Gasteiger partial charge on any atom is -0.454 e. The lowest BCUT2D eigenvalue weighted by Gasteiger charge is -2.15. The second kappa shape index (κ2) is 9.95. The molecule has 0 saturated heterocycles. The van der Waals surface area contributed by atoms with Crippen LogP contribution in [0.4, 0.5) is 4.39 Å². The van der Waals surface area contributed by atoms with E-state index in [1.165, 1.54) is 11.6 Å². The molecule has 0 heterocycles. The molecule has 1 nitrogen and oxygen atoms in total. The van der Waals surface area contributed by atoms with Crippen LogP contribution in [0.15, 0.2) is 66.7 Å². The van der Waals surface area contributed by atoms with Crippen LogP contribution < -0.4 is 4.74 Å². The lowest BCUT2D eigenvalue weighted by molar-refractivity contribution is 0.441. The Hall–Kier alpha value is -2.03. The van der Waals surface area contributed by atoms with Crippen LogP contribution in [0.5, 0.6) is 11.5 Å². The van der Waals surface area contributed by atoms with Crippen LogP contribution in [0.3, 0.4) is 0 Å². The van der Waals surface area contributed by atoms with Gasteiger partial charge in [0.15, 0.2) is 11.6 Å². The highest BCUT2D eigenvalue weighted by molar-refractivity contribution is 6.30. The van der Waals surface area contributed by atoms with Crippen LogP contribution in [0.25, 0.3) is 0 Å². The molecule has 0 N–H and O–H groups in total. The third-order valence-electron chi connectivity index (χ3n) is 4.87. The fourth-order valence-corrected chi connectivity index (χ4v) is 3.64. The van der Waals surface area contributed by atoms with Crippen molar-refractivity contribution in [2.75, 3.05) is 0 Å². The van der Waals surface area contributed by atoms with E-state index in [2.05, 4.69) is 19.1 Å². The van der Waals surface area contributed by atoms with Gasteiger partial charge in [-0.3, -0.25) is 0 Å². The number of halogens is 3. The van der Waals surface area contributed by atoms with Gasteiger partial charge in [0.05, 0.1) is 0 Å². The second-order valence-electron chi connectivity index (χ2n) is 6.87. The maximum absolute atomic E-state index is 14.1. The molecule has 1 atom stereocenters. The maximum Gasteiger partial charge on any atom is 0.165 e. The highest BCUT2D eigenvalue weighted by atomic mass is 35.5. The van der Waals surface area contributed by atoms with E-state index >= 15 is 0 Å². The van der Waals surface area contributed by atoms with Crippen LogP contribution in [0.1, 0.15) is 43.2 Å². The van der Waals surface area contributed by atoms with E-state index in [1.54, 1.807) is 30.3 Å². The first-order chi connectivity index (χ1) is 13.5. The fraction of sp³-hybridized carbons (Fsp3) is 0.250. The van der Waals surface area contributed by atoms with E-state index < -0.39 is 0 Å². The number of aryl methyl sites for hydroxylation is 1. The zero-order valence-corrected chi connectivity index (χ0v) is 17.3. The van der Waals surface area contributed by atoms with Crippen molar-refractivity contribution in [3.8, 4) is 11.5 Å². The first-order valence-corrected chi connectivity index (χ1v) is 10.3. The third kappa shape index (κ3) is 5.73. The Bertz CT molecular complexity index is 909. The topological polar surface area (TPSA) is 9.23 Å². The molecular formula is C24H23Cl2FO. The lowest BCUT2D eigenvalue weighted by atomic mass is 9.90. The van der Waals surface area contributed by atoms with E-state index in [0.29, 0.717) is 16.7 Å². The molecule has 0 amide bonds. The number of benzene rings is 3. The monoisotopic (exact) mass is 416 g/mol. The van der Waals surface area contributed by atoms with Gasteiger partial charge in [0.2, 0.25) is 0 Å². The van der Waals surface area contributed by atoms with E-state index in [1.807, 2.05) is 18.2 Å². The summed E-state index contributed by atoms with van der Waals surface area (Å²) in [5.74, 6) is 0.873. The standard InChI is InChI=1S/C24H23Cl2FO/c1-2-18(19-10-12-20(25)13-11-19)6-3-5-17-9-14-23(27)24(15-17)28-22-8-4-7-21(26)16-22/h4,7-16,18H,2-3,5-6H2,1H3. The zero-order chi connectivity index (χ0) is 19.9. The van der Waals surface area contributed by atoms with Gasteiger partial charge < -0.3 is 4.74 Å². The fourth-order valence-electron chi connectivity index (χ4n) is 3.33. The molecule has 0 saturated carbocycles. The van der Waals surface area contributed by atoms with Crippen LogP contribution in [-0.4, -0.2) is 0 Å². The molecule has 0 radical (unpaired) electrons. The highest BCUT2D eigenvalue weighted by Gasteiger charge is 2.11. The lowest BCUT2D eigenvalue weighted by Crippen LogP contribution is -1.99. The predicted octanol–water partition coefficient (Wildman–Crippen LogP) is 8.44. The highest BCUT2D eigenvalue weighted by Crippen LogP contribution is 2.29. The molecule has 3 aromatic rings. The maximum atomic E-state index is 14.1.